The van der Waals surface area contributed by atoms with Crippen LogP contribution in [0.25, 0.3) is 5.52 Å². The molecule has 1 amide bonds. The van der Waals surface area contributed by atoms with Gasteiger partial charge in [0.15, 0.2) is 0 Å². The van der Waals surface area contributed by atoms with Gasteiger partial charge in [0.05, 0.1) is 35.2 Å². The zero-order valence-electron chi connectivity index (χ0n) is 12.0. The monoisotopic (exact) mass is 293 g/mol. The predicted octanol–water partition coefficient (Wildman–Crippen LogP) is 0.998. The molecular formula is C16H15N5O. The molecule has 0 spiro atoms. The van der Waals surface area contributed by atoms with Gasteiger partial charge in [-0.1, -0.05) is 18.2 Å². The highest BCUT2D eigenvalue weighted by molar-refractivity contribution is 6.09. The quantitative estimate of drug-likeness (QED) is 0.866. The minimum absolute atomic E-state index is 0.0177. The SMILES string of the molecule is CC12C=C(C(N)=O)C=CC1NN=C2c1ccc2cncn2c1. The number of hydrazone groups is 1. The third-order valence-corrected chi connectivity index (χ3v) is 4.36. The Morgan fingerprint density at radius 2 is 2.32 bits per heavy atom. The minimum Gasteiger partial charge on any atom is -0.366 e. The summed E-state index contributed by atoms with van der Waals surface area (Å²) in [6.07, 6.45) is 11.1. The number of imidazole rings is 1. The summed E-state index contributed by atoms with van der Waals surface area (Å²) in [5.41, 5.74) is 11.5. The molecule has 110 valence electrons. The second kappa shape index (κ2) is 4.30. The van der Waals surface area contributed by atoms with Gasteiger partial charge in [-0.2, -0.15) is 5.10 Å². The lowest BCUT2D eigenvalue weighted by molar-refractivity contribution is -0.114. The second-order valence-electron chi connectivity index (χ2n) is 5.82. The largest absolute Gasteiger partial charge is 0.366 e. The number of nitrogens with zero attached hydrogens (tertiary/aromatic N) is 3. The molecule has 2 aromatic heterocycles. The first-order valence-corrected chi connectivity index (χ1v) is 7.04. The maximum atomic E-state index is 11.5. The van der Waals surface area contributed by atoms with Gasteiger partial charge in [0.2, 0.25) is 5.91 Å². The third-order valence-electron chi connectivity index (χ3n) is 4.36. The molecule has 2 aromatic rings. The molecule has 1 aliphatic heterocycles. The Morgan fingerprint density at radius 3 is 3.14 bits per heavy atom. The van der Waals surface area contributed by atoms with E-state index in [1.165, 1.54) is 0 Å². The fraction of sp³-hybridized carbons (Fsp3) is 0.188. The first-order chi connectivity index (χ1) is 10.6. The van der Waals surface area contributed by atoms with Gasteiger partial charge in [0.25, 0.3) is 0 Å². The van der Waals surface area contributed by atoms with E-state index in [2.05, 4.69) is 22.4 Å². The molecule has 6 nitrogen and oxygen atoms in total. The van der Waals surface area contributed by atoms with Gasteiger partial charge in [0.1, 0.15) is 0 Å². The summed E-state index contributed by atoms with van der Waals surface area (Å²) in [5.74, 6) is -0.424. The molecule has 0 fully saturated rings. The van der Waals surface area contributed by atoms with Crippen molar-refractivity contribution in [3.63, 3.8) is 0 Å². The molecule has 4 rings (SSSR count). The average Bonchev–Trinajstić information content (AvgIpc) is 3.08. The third kappa shape index (κ3) is 1.70. The van der Waals surface area contributed by atoms with Gasteiger partial charge in [-0.05, 0) is 19.1 Å². The van der Waals surface area contributed by atoms with Crippen LogP contribution in [0.3, 0.4) is 0 Å². The van der Waals surface area contributed by atoms with Gasteiger partial charge < -0.3 is 15.6 Å². The van der Waals surface area contributed by atoms with Crippen molar-refractivity contribution in [1.29, 1.82) is 0 Å². The molecule has 2 atom stereocenters. The smallest absolute Gasteiger partial charge is 0.248 e. The van der Waals surface area contributed by atoms with Crippen LogP contribution in [-0.4, -0.2) is 27.0 Å². The zero-order chi connectivity index (χ0) is 15.3. The number of fused-ring (bicyclic) bond motifs is 2. The Hall–Kier alpha value is -2.89. The van der Waals surface area contributed by atoms with Gasteiger partial charge in [0, 0.05) is 17.3 Å². The molecule has 0 radical (unpaired) electrons. The van der Waals surface area contributed by atoms with Crippen LogP contribution < -0.4 is 11.2 Å². The zero-order valence-corrected chi connectivity index (χ0v) is 12.0. The molecule has 3 N–H and O–H groups in total. The van der Waals surface area contributed by atoms with E-state index in [4.69, 9.17) is 5.73 Å². The summed E-state index contributed by atoms with van der Waals surface area (Å²) in [7, 11) is 0. The summed E-state index contributed by atoms with van der Waals surface area (Å²) in [6.45, 7) is 2.06. The van der Waals surface area contributed by atoms with Crippen molar-refractivity contribution in [2.75, 3.05) is 0 Å². The highest BCUT2D eigenvalue weighted by atomic mass is 16.1. The van der Waals surface area contributed by atoms with Gasteiger partial charge >= 0.3 is 0 Å². The standard InChI is InChI=1S/C16H15N5O/c1-16-6-10(15(17)22)3-5-13(16)19-20-14(16)11-2-4-12-7-18-9-21(12)8-11/h2-9,13,19H,1H3,(H2,17,22). The Bertz CT molecular complexity index is 876. The molecule has 0 aromatic carbocycles. The van der Waals surface area contributed by atoms with E-state index in [-0.39, 0.29) is 6.04 Å². The molecule has 3 heterocycles. The molecule has 1 aliphatic carbocycles. The van der Waals surface area contributed by atoms with Crippen LogP contribution in [0.5, 0.6) is 0 Å². The molecule has 0 saturated heterocycles. The van der Waals surface area contributed by atoms with Crippen molar-refractivity contribution in [2.24, 2.45) is 16.3 Å². The molecular weight excluding hydrogens is 278 g/mol. The van der Waals surface area contributed by atoms with Crippen molar-refractivity contribution in [2.45, 2.75) is 13.0 Å². The maximum absolute atomic E-state index is 11.5. The minimum atomic E-state index is -0.424. The number of primary amides is 1. The van der Waals surface area contributed by atoms with Crippen LogP contribution in [0, 0.1) is 5.41 Å². The normalized spacial score (nSPS) is 26.3. The first kappa shape index (κ1) is 12.8. The Balaban J connectivity index is 1.82. The van der Waals surface area contributed by atoms with E-state index < -0.39 is 11.3 Å². The van der Waals surface area contributed by atoms with E-state index >= 15 is 0 Å². The topological polar surface area (TPSA) is 84.8 Å². The van der Waals surface area contributed by atoms with E-state index in [1.54, 1.807) is 18.6 Å². The summed E-state index contributed by atoms with van der Waals surface area (Å²) in [6, 6.07) is 4.03. The first-order valence-electron chi connectivity index (χ1n) is 7.04. The lowest BCUT2D eigenvalue weighted by atomic mass is 9.73. The number of carbonyl (C=O) groups excluding carboxylic acids is 1. The predicted molar refractivity (Wildman–Crippen MR) is 83.2 cm³/mol. The number of rotatable bonds is 2. The number of nitrogens with two attached hydrogens (primary N) is 1. The summed E-state index contributed by atoms with van der Waals surface area (Å²) >= 11 is 0. The second-order valence-corrected chi connectivity index (χ2v) is 5.82. The number of carbonyl (C=O) groups is 1. The van der Waals surface area contributed by atoms with Crippen LogP contribution in [0.15, 0.2) is 59.8 Å². The van der Waals surface area contributed by atoms with Gasteiger partial charge in [-0.15, -0.1) is 0 Å². The van der Waals surface area contributed by atoms with Crippen LogP contribution >= 0.6 is 0 Å². The number of hydrogen-bond acceptors (Lipinski definition) is 4. The number of nitrogens with one attached hydrogen (secondary N) is 1. The highest BCUT2D eigenvalue weighted by Gasteiger charge is 2.43. The molecule has 2 aliphatic rings. The van der Waals surface area contributed by atoms with Crippen LogP contribution in [0.2, 0.25) is 0 Å². The van der Waals surface area contributed by atoms with Crippen molar-refractivity contribution in [1.82, 2.24) is 14.8 Å². The number of amides is 1. The molecule has 0 saturated carbocycles. The Labute approximate surface area is 127 Å². The molecule has 6 heteroatoms. The van der Waals surface area contributed by atoms with Crippen molar-refractivity contribution < 1.29 is 4.79 Å². The summed E-state index contributed by atoms with van der Waals surface area (Å²) in [4.78, 5) is 15.6. The Morgan fingerprint density at radius 1 is 1.45 bits per heavy atom. The van der Waals surface area contributed by atoms with Crippen LogP contribution in [0.4, 0.5) is 0 Å². The molecule has 0 bridgehead atoms. The molecule has 2 unspecified atom stereocenters. The fourth-order valence-electron chi connectivity index (χ4n) is 3.10. The van der Waals surface area contributed by atoms with Crippen LogP contribution in [0.1, 0.15) is 12.5 Å². The Kier molecular flexibility index (Phi) is 2.51. The van der Waals surface area contributed by atoms with E-state index in [0.29, 0.717) is 5.57 Å². The fourth-order valence-corrected chi connectivity index (χ4v) is 3.10. The van der Waals surface area contributed by atoms with E-state index in [0.717, 1.165) is 16.8 Å². The average molecular weight is 293 g/mol. The number of hydrogen-bond donors (Lipinski definition) is 2. The van der Waals surface area contributed by atoms with Crippen molar-refractivity contribution in [3.05, 3.63) is 60.2 Å². The highest BCUT2D eigenvalue weighted by Crippen LogP contribution is 2.37. The van der Waals surface area contributed by atoms with Crippen LogP contribution in [-0.2, 0) is 4.79 Å². The number of pyridine rings is 1. The van der Waals surface area contributed by atoms with Gasteiger partial charge in [-0.25, -0.2) is 4.98 Å². The van der Waals surface area contributed by atoms with E-state index in [1.807, 2.05) is 34.9 Å². The van der Waals surface area contributed by atoms with Gasteiger partial charge in [-0.3, -0.25) is 4.79 Å². The number of aromatic nitrogens is 2. The molecule has 22 heavy (non-hydrogen) atoms. The van der Waals surface area contributed by atoms with Crippen molar-refractivity contribution in [3.8, 4) is 0 Å². The lowest BCUT2D eigenvalue weighted by Crippen LogP contribution is -2.40. The van der Waals surface area contributed by atoms with E-state index in [9.17, 15) is 4.79 Å². The maximum Gasteiger partial charge on any atom is 0.248 e. The summed E-state index contributed by atoms with van der Waals surface area (Å²) < 4.78 is 1.95. The lowest BCUT2D eigenvalue weighted by Gasteiger charge is -2.30. The van der Waals surface area contributed by atoms with Crippen molar-refractivity contribution >= 4 is 17.1 Å². The summed E-state index contributed by atoms with van der Waals surface area (Å²) in [5, 5.41) is 4.49.